The van der Waals surface area contributed by atoms with E-state index in [4.69, 9.17) is 0 Å². The fourth-order valence-corrected chi connectivity index (χ4v) is 6.02. The van der Waals surface area contributed by atoms with Gasteiger partial charge in [0.05, 0.1) is 0 Å². The van der Waals surface area contributed by atoms with Crippen LogP contribution in [-0.4, -0.2) is 31.4 Å². The highest BCUT2D eigenvalue weighted by Crippen LogP contribution is 2.32. The van der Waals surface area contributed by atoms with E-state index in [0.29, 0.717) is 4.21 Å². The molecule has 1 aromatic heterocycles. The Hall–Kier alpha value is -0.430. The van der Waals surface area contributed by atoms with Gasteiger partial charge in [-0.05, 0) is 50.2 Å². The summed E-state index contributed by atoms with van der Waals surface area (Å²) in [6, 6.07) is 2.02. The van der Waals surface area contributed by atoms with Crippen LogP contribution in [0.1, 0.15) is 45.6 Å². The van der Waals surface area contributed by atoms with E-state index >= 15 is 0 Å². The van der Waals surface area contributed by atoms with E-state index in [1.807, 2.05) is 32.2 Å². The number of hydrogen-bond donors (Lipinski definition) is 1. The average Bonchev–Trinajstić information content (AvgIpc) is 2.85. The number of nitrogens with zero attached hydrogens (tertiary/aromatic N) is 1. The summed E-state index contributed by atoms with van der Waals surface area (Å²) in [6.07, 6.45) is 3.03. The molecule has 0 amide bonds. The summed E-state index contributed by atoms with van der Waals surface area (Å²) < 4.78 is 27.8. The highest BCUT2D eigenvalue weighted by molar-refractivity contribution is 7.91. The molecule has 1 aliphatic rings. The van der Waals surface area contributed by atoms with E-state index in [2.05, 4.69) is 5.32 Å². The SMILES string of the molecule is CCNCc1csc(S(=O)(=O)N2[C@H](C)CCC[C@@H]2C)c1. The van der Waals surface area contributed by atoms with Gasteiger partial charge in [-0.15, -0.1) is 11.3 Å². The second kappa shape index (κ2) is 6.56. The van der Waals surface area contributed by atoms with E-state index in [-0.39, 0.29) is 12.1 Å². The molecule has 0 unspecified atom stereocenters. The van der Waals surface area contributed by atoms with Crippen molar-refractivity contribution in [2.24, 2.45) is 0 Å². The predicted molar refractivity (Wildman–Crippen MR) is 83.5 cm³/mol. The minimum Gasteiger partial charge on any atom is -0.313 e. The third-order valence-corrected chi connectivity index (χ3v) is 7.45. The molecule has 114 valence electrons. The molecular formula is C14H24N2O2S2. The number of hydrogen-bond acceptors (Lipinski definition) is 4. The Kier molecular flexibility index (Phi) is 5.23. The van der Waals surface area contributed by atoms with E-state index < -0.39 is 10.0 Å². The number of piperidine rings is 1. The minimum absolute atomic E-state index is 0.100. The van der Waals surface area contributed by atoms with Crippen LogP contribution in [0.3, 0.4) is 0 Å². The van der Waals surface area contributed by atoms with Crippen LogP contribution in [0, 0.1) is 0 Å². The van der Waals surface area contributed by atoms with Crippen molar-refractivity contribution in [2.75, 3.05) is 6.54 Å². The summed E-state index contributed by atoms with van der Waals surface area (Å²) in [6.45, 7) is 7.69. The summed E-state index contributed by atoms with van der Waals surface area (Å²) in [5.74, 6) is 0. The van der Waals surface area contributed by atoms with Crippen LogP contribution in [0.15, 0.2) is 15.7 Å². The Morgan fingerprint density at radius 2 is 2.00 bits per heavy atom. The van der Waals surface area contributed by atoms with Crippen LogP contribution >= 0.6 is 11.3 Å². The first kappa shape index (κ1) is 15.9. The van der Waals surface area contributed by atoms with Crippen molar-refractivity contribution in [3.63, 3.8) is 0 Å². The first-order valence-corrected chi connectivity index (χ1v) is 9.60. The van der Waals surface area contributed by atoms with E-state index in [9.17, 15) is 8.42 Å². The highest BCUT2D eigenvalue weighted by Gasteiger charge is 2.36. The van der Waals surface area contributed by atoms with Gasteiger partial charge >= 0.3 is 0 Å². The van der Waals surface area contributed by atoms with Gasteiger partial charge < -0.3 is 5.32 Å². The lowest BCUT2D eigenvalue weighted by molar-refractivity contribution is 0.204. The smallest absolute Gasteiger partial charge is 0.253 e. The molecule has 1 saturated heterocycles. The van der Waals surface area contributed by atoms with Gasteiger partial charge in [-0.25, -0.2) is 8.42 Å². The fraction of sp³-hybridized carbons (Fsp3) is 0.714. The quantitative estimate of drug-likeness (QED) is 0.909. The largest absolute Gasteiger partial charge is 0.313 e. The van der Waals surface area contributed by atoms with Crippen LogP contribution in [0.4, 0.5) is 0 Å². The van der Waals surface area contributed by atoms with Crippen LogP contribution in [0.2, 0.25) is 0 Å². The standard InChI is InChI=1S/C14H24N2O2S2/c1-4-15-9-13-8-14(19-10-13)20(17,18)16-11(2)6-5-7-12(16)3/h8,10-12,15H,4-7,9H2,1-3H3/t11-,12+. The number of sulfonamides is 1. The van der Waals surface area contributed by atoms with E-state index in [0.717, 1.165) is 37.9 Å². The molecule has 1 fully saturated rings. The first-order valence-electron chi connectivity index (χ1n) is 7.28. The molecule has 1 aliphatic heterocycles. The van der Waals surface area contributed by atoms with Gasteiger partial charge in [0, 0.05) is 18.6 Å². The van der Waals surface area contributed by atoms with Gasteiger partial charge in [0.25, 0.3) is 10.0 Å². The zero-order valence-corrected chi connectivity index (χ0v) is 14.1. The molecule has 0 radical (unpaired) electrons. The topological polar surface area (TPSA) is 49.4 Å². The Bertz CT molecular complexity index is 529. The molecule has 2 rings (SSSR count). The molecule has 0 aliphatic carbocycles. The maximum atomic E-state index is 12.8. The molecule has 0 saturated carbocycles. The van der Waals surface area contributed by atoms with Gasteiger partial charge in [-0.2, -0.15) is 4.31 Å². The summed E-state index contributed by atoms with van der Waals surface area (Å²) in [4.78, 5) is 0. The molecule has 6 heteroatoms. The third-order valence-electron chi connectivity index (χ3n) is 3.85. The van der Waals surface area contributed by atoms with E-state index in [1.165, 1.54) is 11.3 Å². The molecule has 4 nitrogen and oxygen atoms in total. The molecule has 0 bridgehead atoms. The predicted octanol–water partition coefficient (Wildman–Crippen LogP) is 2.81. The van der Waals surface area contributed by atoms with Crippen molar-refractivity contribution in [2.45, 2.75) is 62.9 Å². The van der Waals surface area contributed by atoms with Crippen LogP contribution < -0.4 is 5.32 Å². The summed E-state index contributed by atoms with van der Waals surface area (Å²) in [5.41, 5.74) is 1.05. The Morgan fingerprint density at radius 3 is 2.60 bits per heavy atom. The maximum Gasteiger partial charge on any atom is 0.253 e. The number of nitrogens with one attached hydrogen (secondary N) is 1. The van der Waals surface area contributed by atoms with Crippen molar-refractivity contribution < 1.29 is 8.42 Å². The summed E-state index contributed by atoms with van der Waals surface area (Å²) in [7, 11) is -3.34. The Balaban J connectivity index is 2.22. The van der Waals surface area contributed by atoms with E-state index in [1.54, 1.807) is 4.31 Å². The lowest BCUT2D eigenvalue weighted by Gasteiger charge is -2.37. The van der Waals surface area contributed by atoms with Gasteiger partial charge in [-0.1, -0.05) is 13.3 Å². The molecule has 2 atom stereocenters. The maximum absolute atomic E-state index is 12.8. The molecule has 0 aromatic carbocycles. The second-order valence-corrected chi connectivity index (χ2v) is 8.50. The van der Waals surface area contributed by atoms with Crippen molar-refractivity contribution >= 4 is 21.4 Å². The van der Waals surface area contributed by atoms with Crippen molar-refractivity contribution in [3.05, 3.63) is 17.0 Å². The van der Waals surface area contributed by atoms with Gasteiger partial charge in [0.2, 0.25) is 0 Å². The number of rotatable bonds is 5. The number of thiophene rings is 1. The Morgan fingerprint density at radius 1 is 1.35 bits per heavy atom. The Labute approximate surface area is 126 Å². The van der Waals surface area contributed by atoms with Crippen molar-refractivity contribution in [1.82, 2.24) is 9.62 Å². The molecule has 0 spiro atoms. The van der Waals surface area contributed by atoms with Crippen molar-refractivity contribution in [3.8, 4) is 0 Å². The van der Waals surface area contributed by atoms with Crippen LogP contribution in [0.5, 0.6) is 0 Å². The fourth-order valence-electron chi connectivity index (χ4n) is 2.83. The lowest BCUT2D eigenvalue weighted by Crippen LogP contribution is -2.47. The average molecular weight is 316 g/mol. The normalized spacial score (nSPS) is 24.9. The molecule has 2 heterocycles. The zero-order valence-electron chi connectivity index (χ0n) is 12.4. The molecule has 20 heavy (non-hydrogen) atoms. The van der Waals surface area contributed by atoms with Crippen LogP contribution in [-0.2, 0) is 16.6 Å². The molecular weight excluding hydrogens is 292 g/mol. The third kappa shape index (κ3) is 3.24. The molecule has 1 N–H and O–H groups in total. The van der Waals surface area contributed by atoms with Gasteiger partial charge in [0.1, 0.15) is 4.21 Å². The van der Waals surface area contributed by atoms with Gasteiger partial charge in [-0.3, -0.25) is 0 Å². The summed E-state index contributed by atoms with van der Waals surface area (Å²) in [5, 5.41) is 5.16. The van der Waals surface area contributed by atoms with Crippen LogP contribution in [0.25, 0.3) is 0 Å². The zero-order chi connectivity index (χ0) is 14.8. The second-order valence-electron chi connectivity index (χ2n) is 5.52. The molecule has 1 aromatic rings. The first-order chi connectivity index (χ1) is 9.46. The minimum atomic E-state index is -3.34. The van der Waals surface area contributed by atoms with Gasteiger partial charge in [0.15, 0.2) is 0 Å². The monoisotopic (exact) mass is 316 g/mol. The summed E-state index contributed by atoms with van der Waals surface area (Å²) >= 11 is 1.34. The highest BCUT2D eigenvalue weighted by atomic mass is 32.2. The lowest BCUT2D eigenvalue weighted by atomic mass is 10.0. The van der Waals surface area contributed by atoms with Crippen molar-refractivity contribution in [1.29, 1.82) is 0 Å².